The minimum Gasteiger partial charge on any atom is -0.462 e. The highest BCUT2D eigenvalue weighted by molar-refractivity contribution is 5.99. The van der Waals surface area contributed by atoms with Gasteiger partial charge >= 0.3 is 12.1 Å². The minimum atomic E-state index is -0.349. The molecule has 44 heavy (non-hydrogen) atoms. The number of carbonyl (C=O) groups is 3. The molecule has 3 aliphatic heterocycles. The Morgan fingerprint density at radius 2 is 1.61 bits per heavy atom. The van der Waals surface area contributed by atoms with E-state index < -0.39 is 0 Å². The summed E-state index contributed by atoms with van der Waals surface area (Å²) in [5.74, 6) is 0.746. The van der Waals surface area contributed by atoms with Crippen LogP contribution in [0.5, 0.6) is 0 Å². The molecule has 4 fully saturated rings. The maximum atomic E-state index is 13.6. The lowest BCUT2D eigenvalue weighted by molar-refractivity contribution is -0.127. The van der Waals surface area contributed by atoms with Gasteiger partial charge in [0.2, 0.25) is 0 Å². The summed E-state index contributed by atoms with van der Waals surface area (Å²) >= 11 is 0. The highest BCUT2D eigenvalue weighted by Gasteiger charge is 2.50. The second kappa shape index (κ2) is 14.7. The molecule has 3 heterocycles. The SMILES string of the molecule is CCCCC1CN(CC2CCCCC2)C(=O)OC12CCN(C1CCN(C(=O)c3c(C)cc(C(=O)OCC)cc3C)CC1)CC2. The van der Waals surface area contributed by atoms with Crippen LogP contribution in [0.15, 0.2) is 12.1 Å². The normalized spacial score (nSPS) is 23.5. The van der Waals surface area contributed by atoms with Gasteiger partial charge in [-0.1, -0.05) is 39.0 Å². The predicted octanol–water partition coefficient (Wildman–Crippen LogP) is 6.76. The first-order chi connectivity index (χ1) is 21.2. The van der Waals surface area contributed by atoms with Crippen molar-refractivity contribution < 1.29 is 23.9 Å². The van der Waals surface area contributed by atoms with E-state index in [9.17, 15) is 14.4 Å². The summed E-state index contributed by atoms with van der Waals surface area (Å²) in [5.41, 5.74) is 2.51. The Labute approximate surface area is 264 Å². The third-order valence-electron chi connectivity index (χ3n) is 11.0. The number of nitrogens with zero attached hydrogens (tertiary/aromatic N) is 3. The van der Waals surface area contributed by atoms with Crippen LogP contribution in [0.4, 0.5) is 4.79 Å². The van der Waals surface area contributed by atoms with Crippen LogP contribution < -0.4 is 0 Å². The van der Waals surface area contributed by atoms with E-state index in [0.717, 1.165) is 82.5 Å². The zero-order valence-corrected chi connectivity index (χ0v) is 27.7. The Morgan fingerprint density at radius 3 is 2.23 bits per heavy atom. The van der Waals surface area contributed by atoms with Crippen molar-refractivity contribution in [2.75, 3.05) is 45.9 Å². The summed E-state index contributed by atoms with van der Waals surface area (Å²) in [6.45, 7) is 13.3. The average molecular weight is 610 g/mol. The number of rotatable bonds is 9. The van der Waals surface area contributed by atoms with E-state index in [2.05, 4.69) is 16.7 Å². The topological polar surface area (TPSA) is 79.4 Å². The lowest BCUT2D eigenvalue weighted by Crippen LogP contribution is -2.61. The molecular formula is C36H55N3O5. The number of amides is 2. The first-order valence-electron chi connectivity index (χ1n) is 17.5. The molecule has 0 bridgehead atoms. The highest BCUT2D eigenvalue weighted by Crippen LogP contribution is 2.42. The molecule has 1 spiro atoms. The number of likely N-dealkylation sites (tertiary alicyclic amines) is 2. The first kappa shape index (κ1) is 32.8. The monoisotopic (exact) mass is 609 g/mol. The Bertz CT molecular complexity index is 1140. The van der Waals surface area contributed by atoms with Crippen molar-refractivity contribution in [3.63, 3.8) is 0 Å². The molecular weight excluding hydrogens is 554 g/mol. The molecule has 0 aromatic heterocycles. The van der Waals surface area contributed by atoms with Gasteiger partial charge in [-0.15, -0.1) is 0 Å². The van der Waals surface area contributed by atoms with E-state index in [1.54, 1.807) is 19.1 Å². The van der Waals surface area contributed by atoms with Gasteiger partial charge in [0.15, 0.2) is 0 Å². The molecule has 8 heteroatoms. The third-order valence-corrected chi connectivity index (χ3v) is 11.0. The number of hydrogen-bond acceptors (Lipinski definition) is 6. The molecule has 3 saturated heterocycles. The van der Waals surface area contributed by atoms with Crippen LogP contribution in [-0.4, -0.2) is 90.2 Å². The first-order valence-corrected chi connectivity index (χ1v) is 17.5. The van der Waals surface area contributed by atoms with E-state index >= 15 is 0 Å². The fraction of sp³-hybridized carbons (Fsp3) is 0.750. The van der Waals surface area contributed by atoms with Crippen LogP contribution in [0.2, 0.25) is 0 Å². The highest BCUT2D eigenvalue weighted by atomic mass is 16.6. The van der Waals surface area contributed by atoms with Gasteiger partial charge in [-0.3, -0.25) is 9.69 Å². The number of hydrogen-bond donors (Lipinski definition) is 0. The molecule has 1 atom stereocenters. The van der Waals surface area contributed by atoms with Crippen molar-refractivity contribution in [3.8, 4) is 0 Å². The summed E-state index contributed by atoms with van der Waals surface area (Å²) in [6, 6.07) is 3.99. The van der Waals surface area contributed by atoms with Gasteiger partial charge in [0.1, 0.15) is 5.60 Å². The van der Waals surface area contributed by atoms with E-state index in [1.807, 2.05) is 18.7 Å². The summed E-state index contributed by atoms with van der Waals surface area (Å²) in [4.78, 5) is 45.8. The van der Waals surface area contributed by atoms with Crippen molar-refractivity contribution >= 4 is 18.0 Å². The minimum absolute atomic E-state index is 0.0529. The van der Waals surface area contributed by atoms with Gasteiger partial charge in [0, 0.05) is 69.6 Å². The molecule has 2 amide bonds. The molecule has 0 radical (unpaired) electrons. The maximum absolute atomic E-state index is 13.6. The van der Waals surface area contributed by atoms with Crippen LogP contribution >= 0.6 is 0 Å². The molecule has 5 rings (SSSR count). The Kier molecular flexibility index (Phi) is 10.9. The van der Waals surface area contributed by atoms with E-state index in [4.69, 9.17) is 9.47 Å². The van der Waals surface area contributed by atoms with Crippen LogP contribution in [0.3, 0.4) is 0 Å². The Hall–Kier alpha value is -2.61. The molecule has 8 nitrogen and oxygen atoms in total. The molecule has 4 aliphatic rings. The molecule has 1 unspecified atom stereocenters. The van der Waals surface area contributed by atoms with Gasteiger partial charge in [-0.05, 0) is 82.1 Å². The smallest absolute Gasteiger partial charge is 0.410 e. The number of esters is 1. The van der Waals surface area contributed by atoms with Crippen LogP contribution in [0.1, 0.15) is 123 Å². The predicted molar refractivity (Wildman–Crippen MR) is 172 cm³/mol. The lowest BCUT2D eigenvalue weighted by Gasteiger charge is -2.52. The third kappa shape index (κ3) is 7.27. The van der Waals surface area contributed by atoms with Gasteiger partial charge in [0.05, 0.1) is 12.2 Å². The molecule has 1 aromatic rings. The fourth-order valence-electron chi connectivity index (χ4n) is 8.47. The van der Waals surface area contributed by atoms with E-state index in [-0.39, 0.29) is 23.6 Å². The number of piperidine rings is 2. The van der Waals surface area contributed by atoms with Crippen LogP contribution in [-0.2, 0) is 9.47 Å². The molecule has 1 aliphatic carbocycles. The Balaban J connectivity index is 1.16. The summed E-state index contributed by atoms with van der Waals surface area (Å²) < 4.78 is 11.6. The zero-order chi connectivity index (χ0) is 31.3. The number of benzene rings is 1. The van der Waals surface area contributed by atoms with Gasteiger partial charge in [-0.25, -0.2) is 9.59 Å². The summed E-state index contributed by atoms with van der Waals surface area (Å²) in [6.07, 6.45) is 13.5. The van der Waals surface area contributed by atoms with E-state index in [0.29, 0.717) is 35.6 Å². The Morgan fingerprint density at radius 1 is 0.955 bits per heavy atom. The average Bonchev–Trinajstić information content (AvgIpc) is 3.02. The lowest BCUT2D eigenvalue weighted by atomic mass is 9.75. The molecule has 1 aromatic carbocycles. The number of carbonyl (C=O) groups excluding carboxylic acids is 3. The van der Waals surface area contributed by atoms with Crippen LogP contribution in [0.25, 0.3) is 0 Å². The van der Waals surface area contributed by atoms with Gasteiger partial charge in [-0.2, -0.15) is 0 Å². The zero-order valence-electron chi connectivity index (χ0n) is 27.7. The van der Waals surface area contributed by atoms with Crippen molar-refractivity contribution in [2.24, 2.45) is 11.8 Å². The summed E-state index contributed by atoms with van der Waals surface area (Å²) in [5, 5.41) is 0. The van der Waals surface area contributed by atoms with Crippen molar-refractivity contribution in [2.45, 2.75) is 116 Å². The molecule has 0 N–H and O–H groups in total. The van der Waals surface area contributed by atoms with Gasteiger partial charge in [0.25, 0.3) is 5.91 Å². The number of aryl methyl sites for hydroxylation is 2. The van der Waals surface area contributed by atoms with Crippen molar-refractivity contribution in [3.05, 3.63) is 34.4 Å². The standard InChI is InChI=1S/C36H55N3O5/c1-5-7-13-30-25-39(24-28-11-9-8-10-12-28)35(42)44-36(30)16-20-37(21-17-36)31-14-18-38(19-15-31)33(40)32-26(3)22-29(23-27(32)4)34(41)43-6-2/h22-23,28,30-31H,5-21,24-25H2,1-4H3. The van der Waals surface area contributed by atoms with Crippen molar-refractivity contribution in [1.29, 1.82) is 0 Å². The van der Waals surface area contributed by atoms with Gasteiger partial charge < -0.3 is 19.3 Å². The summed E-state index contributed by atoms with van der Waals surface area (Å²) in [7, 11) is 0. The second-order valence-corrected chi connectivity index (χ2v) is 13.9. The fourth-order valence-corrected chi connectivity index (χ4v) is 8.47. The molecule has 244 valence electrons. The number of ether oxygens (including phenoxy) is 2. The quantitative estimate of drug-likeness (QED) is 0.288. The molecule has 1 saturated carbocycles. The number of unbranched alkanes of at least 4 members (excludes halogenated alkanes) is 1. The van der Waals surface area contributed by atoms with E-state index in [1.165, 1.54) is 44.9 Å². The maximum Gasteiger partial charge on any atom is 0.410 e. The van der Waals surface area contributed by atoms with Crippen LogP contribution in [0, 0.1) is 25.7 Å². The second-order valence-electron chi connectivity index (χ2n) is 13.9. The largest absolute Gasteiger partial charge is 0.462 e. The van der Waals surface area contributed by atoms with Crippen molar-refractivity contribution in [1.82, 2.24) is 14.7 Å².